The maximum absolute atomic E-state index is 14.4. The van der Waals surface area contributed by atoms with Crippen molar-refractivity contribution < 1.29 is 18.3 Å². The average Bonchev–Trinajstić information content (AvgIpc) is 3.43. The van der Waals surface area contributed by atoms with Crippen LogP contribution in [0.5, 0.6) is 5.75 Å². The Hall–Kier alpha value is -3.36. The number of fused-ring (bicyclic) bond motifs is 1. The Kier molecular flexibility index (Phi) is 6.02. The van der Waals surface area contributed by atoms with Crippen molar-refractivity contribution in [1.29, 1.82) is 0 Å². The number of allylic oxidation sites excluding steroid dienone is 1. The fourth-order valence-electron chi connectivity index (χ4n) is 3.76. The molecule has 0 spiro atoms. The largest absolute Gasteiger partial charge is 0.461 e. The van der Waals surface area contributed by atoms with E-state index < -0.39 is 6.29 Å². The quantitative estimate of drug-likeness (QED) is 0.245. The molecule has 4 aromatic rings. The lowest BCUT2D eigenvalue weighted by molar-refractivity contribution is -0.112. The van der Waals surface area contributed by atoms with Crippen LogP contribution in [0.3, 0.4) is 0 Å². The highest BCUT2D eigenvalue weighted by Gasteiger charge is 2.26. The van der Waals surface area contributed by atoms with Crippen LogP contribution in [0.4, 0.5) is 4.39 Å². The molecule has 33 heavy (non-hydrogen) atoms. The number of ether oxygens (including phenoxy) is 2. The lowest BCUT2D eigenvalue weighted by atomic mass is 10.1. The highest BCUT2D eigenvalue weighted by atomic mass is 32.2. The molecule has 0 radical (unpaired) electrons. The molecule has 2 aromatic carbocycles. The maximum Gasteiger partial charge on any atom is 0.227 e. The van der Waals surface area contributed by atoms with Crippen LogP contribution in [0.1, 0.15) is 28.5 Å². The van der Waals surface area contributed by atoms with Gasteiger partial charge < -0.3 is 13.9 Å². The third-order valence-corrected chi connectivity index (χ3v) is 6.36. The van der Waals surface area contributed by atoms with Gasteiger partial charge in [0.1, 0.15) is 11.6 Å². The van der Waals surface area contributed by atoms with Crippen LogP contribution in [0.2, 0.25) is 0 Å². The van der Waals surface area contributed by atoms with E-state index in [0.29, 0.717) is 40.4 Å². The monoisotopic (exact) mass is 463 g/mol. The van der Waals surface area contributed by atoms with Crippen LogP contribution in [0.25, 0.3) is 11.6 Å². The molecule has 2 aromatic heterocycles. The predicted molar refractivity (Wildman–Crippen MR) is 123 cm³/mol. The molecule has 8 heteroatoms. The molecule has 3 heterocycles. The van der Waals surface area contributed by atoms with Crippen LogP contribution in [0.15, 0.2) is 77.0 Å². The van der Waals surface area contributed by atoms with Crippen molar-refractivity contribution >= 4 is 11.8 Å². The summed E-state index contributed by atoms with van der Waals surface area (Å²) in [6.45, 7) is 6.60. The number of nitrogens with zero attached hydrogens (tertiary/aromatic N) is 3. The van der Waals surface area contributed by atoms with Gasteiger partial charge in [0, 0.05) is 29.0 Å². The summed E-state index contributed by atoms with van der Waals surface area (Å²) in [5, 5.41) is 9.37. The lowest BCUT2D eigenvalue weighted by Gasteiger charge is -2.28. The fourth-order valence-corrected chi connectivity index (χ4v) is 4.67. The van der Waals surface area contributed by atoms with Gasteiger partial charge in [-0.15, -0.1) is 16.8 Å². The molecule has 1 aliphatic heterocycles. The van der Waals surface area contributed by atoms with Crippen LogP contribution < -0.4 is 4.74 Å². The van der Waals surface area contributed by atoms with Gasteiger partial charge >= 0.3 is 0 Å². The Balaban J connectivity index is 1.42. The molecule has 1 aliphatic rings. The summed E-state index contributed by atoms with van der Waals surface area (Å²) in [6, 6.07) is 14.6. The van der Waals surface area contributed by atoms with Crippen LogP contribution in [0, 0.1) is 12.7 Å². The van der Waals surface area contributed by atoms with E-state index in [1.54, 1.807) is 12.3 Å². The Morgan fingerprint density at radius 3 is 2.82 bits per heavy atom. The second kappa shape index (κ2) is 9.25. The van der Waals surface area contributed by atoms with E-state index in [9.17, 15) is 4.39 Å². The van der Waals surface area contributed by atoms with Gasteiger partial charge in [0.2, 0.25) is 12.1 Å². The standard InChI is InChI=1S/C25H22FN3O3S/c1-3-10-29-23(21-16(2)9-11-30-21)27-28-25(29)33-15-19-13-20(26)12-18-14-31-24(32-22(18)19)17-7-5-4-6-8-17/h3-9,11-13,24H,1,10,14-15H2,2H3. The topological polar surface area (TPSA) is 62.3 Å². The fraction of sp³-hybridized carbons (Fsp3) is 0.200. The third-order valence-electron chi connectivity index (χ3n) is 5.34. The molecule has 0 saturated heterocycles. The van der Waals surface area contributed by atoms with E-state index >= 15 is 0 Å². The molecule has 1 unspecified atom stereocenters. The van der Waals surface area contributed by atoms with Gasteiger partial charge in [0.15, 0.2) is 10.9 Å². The molecular weight excluding hydrogens is 441 g/mol. The Labute approximate surface area is 195 Å². The molecule has 1 atom stereocenters. The highest BCUT2D eigenvalue weighted by Crippen LogP contribution is 2.39. The van der Waals surface area contributed by atoms with Crippen molar-refractivity contribution in [3.8, 4) is 17.3 Å². The number of aryl methyl sites for hydroxylation is 1. The van der Waals surface area contributed by atoms with Crippen LogP contribution >= 0.6 is 11.8 Å². The van der Waals surface area contributed by atoms with Gasteiger partial charge in [-0.05, 0) is 30.7 Å². The average molecular weight is 464 g/mol. The summed E-state index contributed by atoms with van der Waals surface area (Å²) >= 11 is 1.46. The number of hydrogen-bond acceptors (Lipinski definition) is 6. The molecule has 0 aliphatic carbocycles. The van der Waals surface area contributed by atoms with Crippen molar-refractivity contribution in [2.75, 3.05) is 0 Å². The summed E-state index contributed by atoms with van der Waals surface area (Å²) in [7, 11) is 0. The summed E-state index contributed by atoms with van der Waals surface area (Å²) in [4.78, 5) is 0. The molecule has 0 fully saturated rings. The summed E-state index contributed by atoms with van der Waals surface area (Å²) < 4.78 is 33.9. The van der Waals surface area contributed by atoms with E-state index in [1.165, 1.54) is 23.9 Å². The molecule has 0 saturated carbocycles. The minimum Gasteiger partial charge on any atom is -0.461 e. The van der Waals surface area contributed by atoms with Crippen molar-refractivity contribution in [3.05, 3.63) is 95.5 Å². The van der Waals surface area contributed by atoms with Gasteiger partial charge in [-0.2, -0.15) is 0 Å². The molecule has 5 rings (SSSR count). The number of hydrogen-bond donors (Lipinski definition) is 0. The highest BCUT2D eigenvalue weighted by molar-refractivity contribution is 7.98. The van der Waals surface area contributed by atoms with Crippen LogP contribution in [-0.2, 0) is 23.6 Å². The number of halogens is 1. The molecule has 0 amide bonds. The van der Waals surface area contributed by atoms with Crippen LogP contribution in [-0.4, -0.2) is 14.8 Å². The Morgan fingerprint density at radius 1 is 1.21 bits per heavy atom. The maximum atomic E-state index is 14.4. The molecule has 168 valence electrons. The molecular formula is C25H22FN3O3S. The van der Waals surface area contributed by atoms with E-state index in [1.807, 2.05) is 47.9 Å². The first-order valence-electron chi connectivity index (χ1n) is 10.5. The second-order valence-corrected chi connectivity index (χ2v) is 8.59. The van der Waals surface area contributed by atoms with Gasteiger partial charge in [-0.25, -0.2) is 4.39 Å². The number of furan rings is 1. The molecule has 0 N–H and O–H groups in total. The third kappa shape index (κ3) is 4.31. The predicted octanol–water partition coefficient (Wildman–Crippen LogP) is 6.07. The Morgan fingerprint density at radius 2 is 2.06 bits per heavy atom. The lowest BCUT2D eigenvalue weighted by Crippen LogP contribution is -2.19. The van der Waals surface area contributed by atoms with E-state index in [-0.39, 0.29) is 12.4 Å². The first-order chi connectivity index (χ1) is 16.1. The van der Waals surface area contributed by atoms with Crippen molar-refractivity contribution in [2.45, 2.75) is 37.3 Å². The smallest absolute Gasteiger partial charge is 0.227 e. The second-order valence-electron chi connectivity index (χ2n) is 7.65. The van der Waals surface area contributed by atoms with E-state index in [2.05, 4.69) is 16.8 Å². The zero-order valence-electron chi connectivity index (χ0n) is 18.0. The minimum absolute atomic E-state index is 0.277. The first kappa shape index (κ1) is 21.5. The number of benzene rings is 2. The summed E-state index contributed by atoms with van der Waals surface area (Å²) in [5.74, 6) is 2.09. The van der Waals surface area contributed by atoms with Gasteiger partial charge in [-0.1, -0.05) is 48.2 Å². The molecule has 6 nitrogen and oxygen atoms in total. The minimum atomic E-state index is -0.536. The van der Waals surface area contributed by atoms with Gasteiger partial charge in [0.05, 0.1) is 12.9 Å². The normalized spacial score (nSPS) is 15.2. The molecule has 0 bridgehead atoms. The Bertz CT molecular complexity index is 1290. The van der Waals surface area contributed by atoms with Gasteiger partial charge in [0.25, 0.3) is 0 Å². The van der Waals surface area contributed by atoms with Crippen molar-refractivity contribution in [1.82, 2.24) is 14.8 Å². The van der Waals surface area contributed by atoms with E-state index in [0.717, 1.165) is 16.7 Å². The number of aromatic nitrogens is 3. The first-order valence-corrected chi connectivity index (χ1v) is 11.5. The number of thioether (sulfide) groups is 1. The van der Waals surface area contributed by atoms with Crippen molar-refractivity contribution in [2.24, 2.45) is 0 Å². The zero-order chi connectivity index (χ0) is 22.8. The SMILES string of the molecule is C=CCn1c(SCc2cc(F)cc3c2OC(c2ccccc2)OC3)nnc1-c1occc1C. The summed E-state index contributed by atoms with van der Waals surface area (Å²) in [6.07, 6.45) is 2.88. The van der Waals surface area contributed by atoms with Crippen molar-refractivity contribution in [3.63, 3.8) is 0 Å². The number of rotatable bonds is 7. The van der Waals surface area contributed by atoms with Gasteiger partial charge in [-0.3, -0.25) is 4.57 Å². The zero-order valence-corrected chi connectivity index (χ0v) is 18.8. The summed E-state index contributed by atoms with van der Waals surface area (Å²) in [5.41, 5.74) is 3.32. The van der Waals surface area contributed by atoms with E-state index in [4.69, 9.17) is 13.9 Å².